The molecule has 23 heavy (non-hydrogen) atoms. The molecule has 1 aromatic heterocycles. The Labute approximate surface area is 143 Å². The summed E-state index contributed by atoms with van der Waals surface area (Å²) in [5, 5.41) is 1.53. The SMILES string of the molecule is CCOc1c(-c2ccc(Cl)cc2)oc2cc(C)c(Cl)cc2c1=O. The first kappa shape index (κ1) is 15.9. The summed E-state index contributed by atoms with van der Waals surface area (Å²) in [7, 11) is 0. The predicted molar refractivity (Wildman–Crippen MR) is 93.8 cm³/mol. The maximum Gasteiger partial charge on any atom is 0.235 e. The highest BCUT2D eigenvalue weighted by molar-refractivity contribution is 6.32. The molecule has 0 spiro atoms. The number of rotatable bonds is 3. The van der Waals surface area contributed by atoms with E-state index in [4.69, 9.17) is 32.4 Å². The molecule has 0 bridgehead atoms. The molecule has 0 saturated carbocycles. The van der Waals surface area contributed by atoms with Crippen molar-refractivity contribution in [1.82, 2.24) is 0 Å². The van der Waals surface area contributed by atoms with Gasteiger partial charge in [-0.2, -0.15) is 0 Å². The van der Waals surface area contributed by atoms with E-state index < -0.39 is 0 Å². The molecule has 0 N–H and O–H groups in total. The van der Waals surface area contributed by atoms with Gasteiger partial charge in [0.05, 0.1) is 12.0 Å². The molecule has 0 aliphatic rings. The van der Waals surface area contributed by atoms with Gasteiger partial charge in [0, 0.05) is 15.6 Å². The van der Waals surface area contributed by atoms with Crippen LogP contribution < -0.4 is 10.2 Å². The highest BCUT2D eigenvalue weighted by Gasteiger charge is 2.18. The van der Waals surface area contributed by atoms with Crippen LogP contribution in [0.1, 0.15) is 12.5 Å². The van der Waals surface area contributed by atoms with Gasteiger partial charge in [0.1, 0.15) is 5.58 Å². The number of aryl methyl sites for hydroxylation is 1. The molecule has 118 valence electrons. The van der Waals surface area contributed by atoms with Gasteiger partial charge in [-0.25, -0.2) is 0 Å². The van der Waals surface area contributed by atoms with Crippen LogP contribution in [0, 0.1) is 6.92 Å². The first-order valence-electron chi connectivity index (χ1n) is 7.17. The molecule has 0 aliphatic carbocycles. The summed E-state index contributed by atoms with van der Waals surface area (Å²) in [4.78, 5) is 12.8. The van der Waals surface area contributed by atoms with E-state index in [2.05, 4.69) is 0 Å². The zero-order valence-electron chi connectivity index (χ0n) is 12.7. The maximum atomic E-state index is 12.8. The number of hydrogen-bond donors (Lipinski definition) is 0. The van der Waals surface area contributed by atoms with Gasteiger partial charge < -0.3 is 9.15 Å². The van der Waals surface area contributed by atoms with Crippen LogP contribution in [-0.2, 0) is 0 Å². The van der Waals surface area contributed by atoms with Crippen LogP contribution in [-0.4, -0.2) is 6.61 Å². The molecule has 3 aromatic rings. The smallest absolute Gasteiger partial charge is 0.235 e. The molecule has 0 saturated heterocycles. The van der Waals surface area contributed by atoms with Crippen molar-refractivity contribution in [2.24, 2.45) is 0 Å². The molecule has 0 radical (unpaired) electrons. The van der Waals surface area contributed by atoms with Crippen LogP contribution in [0.2, 0.25) is 10.0 Å². The molecular weight excluding hydrogens is 335 g/mol. The van der Waals surface area contributed by atoms with Crippen LogP contribution in [0.15, 0.2) is 45.6 Å². The van der Waals surface area contributed by atoms with Crippen molar-refractivity contribution < 1.29 is 9.15 Å². The van der Waals surface area contributed by atoms with Gasteiger partial charge in [0.2, 0.25) is 11.2 Å². The van der Waals surface area contributed by atoms with E-state index in [-0.39, 0.29) is 11.2 Å². The third-order valence-corrected chi connectivity index (χ3v) is 4.18. The Kier molecular flexibility index (Phi) is 4.33. The Balaban J connectivity index is 2.35. The van der Waals surface area contributed by atoms with Crippen LogP contribution >= 0.6 is 23.2 Å². The van der Waals surface area contributed by atoms with Gasteiger partial charge in [0.25, 0.3) is 0 Å². The second kappa shape index (κ2) is 6.26. The summed E-state index contributed by atoms with van der Waals surface area (Å²) in [6.45, 7) is 4.04. The molecule has 0 aliphatic heterocycles. The summed E-state index contributed by atoms with van der Waals surface area (Å²) in [5.41, 5.74) is 1.81. The van der Waals surface area contributed by atoms with Crippen molar-refractivity contribution in [2.45, 2.75) is 13.8 Å². The topological polar surface area (TPSA) is 39.4 Å². The van der Waals surface area contributed by atoms with Crippen molar-refractivity contribution in [3.63, 3.8) is 0 Å². The first-order chi connectivity index (χ1) is 11.0. The Hall–Kier alpha value is -1.97. The van der Waals surface area contributed by atoms with Crippen LogP contribution in [0.25, 0.3) is 22.3 Å². The van der Waals surface area contributed by atoms with E-state index in [1.807, 2.05) is 13.8 Å². The third kappa shape index (κ3) is 2.94. The van der Waals surface area contributed by atoms with Crippen LogP contribution in [0.5, 0.6) is 5.75 Å². The zero-order valence-corrected chi connectivity index (χ0v) is 14.2. The van der Waals surface area contributed by atoms with Gasteiger partial charge in [-0.05, 0) is 55.8 Å². The molecule has 0 fully saturated rings. The number of ether oxygens (including phenoxy) is 1. The summed E-state index contributed by atoms with van der Waals surface area (Å²) >= 11 is 12.1. The van der Waals surface area contributed by atoms with Crippen LogP contribution in [0.4, 0.5) is 0 Å². The summed E-state index contributed by atoms with van der Waals surface area (Å²) < 4.78 is 11.5. The van der Waals surface area contributed by atoms with E-state index in [0.29, 0.717) is 33.4 Å². The van der Waals surface area contributed by atoms with E-state index in [0.717, 1.165) is 11.1 Å². The van der Waals surface area contributed by atoms with Gasteiger partial charge in [-0.15, -0.1) is 0 Å². The fraction of sp³-hybridized carbons (Fsp3) is 0.167. The fourth-order valence-electron chi connectivity index (χ4n) is 2.37. The molecule has 3 nitrogen and oxygen atoms in total. The van der Waals surface area contributed by atoms with Crippen molar-refractivity contribution in [2.75, 3.05) is 6.61 Å². The molecule has 3 rings (SSSR count). The third-order valence-electron chi connectivity index (χ3n) is 3.53. The quantitative estimate of drug-likeness (QED) is 0.629. The second-order valence-electron chi connectivity index (χ2n) is 5.13. The van der Waals surface area contributed by atoms with Crippen molar-refractivity contribution in [3.05, 3.63) is 62.2 Å². The summed E-state index contributed by atoms with van der Waals surface area (Å²) in [6.07, 6.45) is 0. The number of halogens is 2. The summed E-state index contributed by atoms with van der Waals surface area (Å²) in [5.74, 6) is 0.574. The predicted octanol–water partition coefficient (Wildman–Crippen LogP) is 5.47. The largest absolute Gasteiger partial charge is 0.487 e. The van der Waals surface area contributed by atoms with Crippen molar-refractivity contribution >= 4 is 34.2 Å². The number of benzene rings is 2. The van der Waals surface area contributed by atoms with Crippen molar-refractivity contribution in [1.29, 1.82) is 0 Å². The van der Waals surface area contributed by atoms with E-state index in [1.165, 1.54) is 0 Å². The second-order valence-corrected chi connectivity index (χ2v) is 5.97. The minimum Gasteiger partial charge on any atom is -0.487 e. The first-order valence-corrected chi connectivity index (χ1v) is 7.92. The molecule has 1 heterocycles. The normalized spacial score (nSPS) is 11.0. The minimum absolute atomic E-state index is 0.183. The number of fused-ring (bicyclic) bond motifs is 1. The number of hydrogen-bond acceptors (Lipinski definition) is 3. The average molecular weight is 349 g/mol. The molecule has 0 atom stereocenters. The summed E-state index contributed by atoms with van der Waals surface area (Å²) in [6, 6.07) is 10.4. The molecule has 2 aromatic carbocycles. The van der Waals surface area contributed by atoms with Crippen molar-refractivity contribution in [3.8, 4) is 17.1 Å². The lowest BCUT2D eigenvalue weighted by atomic mass is 10.1. The van der Waals surface area contributed by atoms with Gasteiger partial charge in [0.15, 0.2) is 5.76 Å². The fourth-order valence-corrected chi connectivity index (χ4v) is 2.66. The maximum absolute atomic E-state index is 12.8. The van der Waals surface area contributed by atoms with Gasteiger partial charge in [-0.3, -0.25) is 4.79 Å². The highest BCUT2D eigenvalue weighted by Crippen LogP contribution is 2.33. The lowest BCUT2D eigenvalue weighted by Crippen LogP contribution is -2.10. The standard InChI is InChI=1S/C18H14Cl2O3/c1-3-22-18-16(21)13-9-14(20)10(2)8-15(13)23-17(18)11-4-6-12(19)7-5-11/h4-9H,3H2,1-2H3. The molecular formula is C18H14Cl2O3. The minimum atomic E-state index is -0.236. The Morgan fingerprint density at radius 3 is 2.48 bits per heavy atom. The monoisotopic (exact) mass is 348 g/mol. The molecule has 5 heteroatoms. The van der Waals surface area contributed by atoms with E-state index in [9.17, 15) is 4.79 Å². The zero-order chi connectivity index (χ0) is 16.6. The van der Waals surface area contributed by atoms with E-state index >= 15 is 0 Å². The van der Waals surface area contributed by atoms with E-state index in [1.54, 1.807) is 36.4 Å². The average Bonchev–Trinajstić information content (AvgIpc) is 2.53. The van der Waals surface area contributed by atoms with Crippen LogP contribution in [0.3, 0.4) is 0 Å². The highest BCUT2D eigenvalue weighted by atomic mass is 35.5. The molecule has 0 unspecified atom stereocenters. The Morgan fingerprint density at radius 1 is 1.13 bits per heavy atom. The van der Waals surface area contributed by atoms with Gasteiger partial charge >= 0.3 is 0 Å². The Morgan fingerprint density at radius 2 is 1.83 bits per heavy atom. The molecule has 0 amide bonds. The Bertz CT molecular complexity index is 928. The lowest BCUT2D eigenvalue weighted by Gasteiger charge is -2.11. The lowest BCUT2D eigenvalue weighted by molar-refractivity contribution is 0.330. The van der Waals surface area contributed by atoms with Gasteiger partial charge in [-0.1, -0.05) is 23.2 Å².